The van der Waals surface area contributed by atoms with E-state index in [1.807, 2.05) is 37.8 Å². The second-order valence-electron chi connectivity index (χ2n) is 8.11. The monoisotopic (exact) mass is 402 g/mol. The van der Waals surface area contributed by atoms with E-state index >= 15 is 0 Å². The van der Waals surface area contributed by atoms with E-state index in [1.54, 1.807) is 0 Å². The molecule has 3 atom stereocenters. The lowest BCUT2D eigenvalue weighted by Gasteiger charge is -2.30. The number of rotatable bonds is 2. The molecule has 5 heteroatoms. The Morgan fingerprint density at radius 2 is 2.12 bits per heavy atom. The number of allylic oxidation sites excluding steroid dienone is 1. The van der Waals surface area contributed by atoms with Crippen LogP contribution in [0.15, 0.2) is 39.8 Å². The molecule has 0 spiro atoms. The highest BCUT2D eigenvalue weighted by molar-refractivity contribution is 9.10. The van der Waals surface area contributed by atoms with Gasteiger partial charge < -0.3 is 4.74 Å². The molecule has 3 aliphatic rings. The number of halogens is 1. The minimum atomic E-state index is -0.466. The fourth-order valence-electron chi connectivity index (χ4n) is 3.82. The van der Waals surface area contributed by atoms with Crippen molar-refractivity contribution in [1.29, 1.82) is 0 Å². The first-order valence-corrected chi connectivity index (χ1v) is 9.66. The summed E-state index contributed by atoms with van der Waals surface area (Å²) in [5, 5.41) is 0. The number of carbonyl (C=O) groups is 1. The fraction of sp³-hybridized carbons (Fsp3) is 0.500. The van der Waals surface area contributed by atoms with Gasteiger partial charge in [0.2, 0.25) is 0 Å². The van der Waals surface area contributed by atoms with Gasteiger partial charge in [0.05, 0.1) is 11.7 Å². The molecule has 2 fully saturated rings. The van der Waals surface area contributed by atoms with E-state index < -0.39 is 5.60 Å². The highest BCUT2D eigenvalue weighted by atomic mass is 79.9. The third kappa shape index (κ3) is 3.39. The van der Waals surface area contributed by atoms with Gasteiger partial charge in [0.15, 0.2) is 0 Å². The van der Waals surface area contributed by atoms with E-state index in [0.717, 1.165) is 40.7 Å². The molecule has 132 valence electrons. The van der Waals surface area contributed by atoms with Crippen LogP contribution in [0.25, 0.3) is 5.70 Å². The zero-order valence-corrected chi connectivity index (χ0v) is 16.4. The van der Waals surface area contributed by atoms with Crippen molar-refractivity contribution in [2.45, 2.75) is 57.7 Å². The summed E-state index contributed by atoms with van der Waals surface area (Å²) in [6.07, 6.45) is 4.90. The summed E-state index contributed by atoms with van der Waals surface area (Å²) >= 11 is 3.52. The van der Waals surface area contributed by atoms with Crippen LogP contribution in [-0.4, -0.2) is 34.4 Å². The number of likely N-dealkylation sites (tertiary alicyclic amines) is 1. The highest BCUT2D eigenvalue weighted by Gasteiger charge is 2.56. The van der Waals surface area contributed by atoms with E-state index in [0.29, 0.717) is 12.0 Å². The zero-order chi connectivity index (χ0) is 17.8. The molecule has 1 aromatic carbocycles. The average Bonchev–Trinajstić information content (AvgIpc) is 2.97. The van der Waals surface area contributed by atoms with Crippen LogP contribution in [0.5, 0.6) is 0 Å². The van der Waals surface area contributed by atoms with Gasteiger partial charge in [-0.05, 0) is 51.7 Å². The van der Waals surface area contributed by atoms with Gasteiger partial charge in [0.1, 0.15) is 5.60 Å². The number of carbonyl (C=O) groups excluding carboxylic acids is 1. The third-order valence-corrected chi connectivity index (χ3v) is 5.48. The molecule has 0 N–H and O–H groups in total. The number of benzene rings is 1. The lowest BCUT2D eigenvalue weighted by Crippen LogP contribution is -2.45. The van der Waals surface area contributed by atoms with Crippen LogP contribution in [0, 0.1) is 5.92 Å². The molecule has 1 aliphatic carbocycles. The summed E-state index contributed by atoms with van der Waals surface area (Å²) in [5.74, 6) is 0.620. The third-order valence-electron chi connectivity index (χ3n) is 4.98. The maximum absolute atomic E-state index is 12.7. The van der Waals surface area contributed by atoms with Crippen LogP contribution >= 0.6 is 15.9 Å². The van der Waals surface area contributed by atoms with Crippen molar-refractivity contribution in [3.05, 3.63) is 40.4 Å². The molecule has 25 heavy (non-hydrogen) atoms. The minimum Gasteiger partial charge on any atom is -0.444 e. The van der Waals surface area contributed by atoms with E-state index in [1.165, 1.54) is 0 Å². The first-order valence-electron chi connectivity index (χ1n) is 8.87. The lowest BCUT2D eigenvalue weighted by atomic mass is 10.0. The van der Waals surface area contributed by atoms with Crippen LogP contribution in [0.4, 0.5) is 4.79 Å². The zero-order valence-electron chi connectivity index (χ0n) is 14.8. The molecule has 1 amide bonds. The largest absolute Gasteiger partial charge is 0.444 e. The molecule has 0 aromatic heterocycles. The number of nitrogens with zero attached hydrogens (tertiary/aromatic N) is 2. The van der Waals surface area contributed by atoms with E-state index in [4.69, 9.17) is 9.73 Å². The van der Waals surface area contributed by atoms with Gasteiger partial charge in [-0.2, -0.15) is 0 Å². The SMILES string of the molecule is CC(C)(C)OC(=O)N1[C@@H]2C[C@@H]2C[C@H]1C1=NC(c2cccc(Br)c2)=CC1. The highest BCUT2D eigenvalue weighted by Crippen LogP contribution is 2.49. The summed E-state index contributed by atoms with van der Waals surface area (Å²) < 4.78 is 6.69. The minimum absolute atomic E-state index is 0.0829. The van der Waals surface area contributed by atoms with Gasteiger partial charge in [0, 0.05) is 28.2 Å². The normalized spacial score (nSPS) is 27.7. The Morgan fingerprint density at radius 3 is 2.84 bits per heavy atom. The van der Waals surface area contributed by atoms with Crippen molar-refractivity contribution < 1.29 is 9.53 Å². The first kappa shape index (κ1) is 16.8. The summed E-state index contributed by atoms with van der Waals surface area (Å²) in [6.45, 7) is 5.75. The Balaban J connectivity index is 1.54. The Kier molecular flexibility index (Phi) is 4.02. The number of hydrogen-bond acceptors (Lipinski definition) is 3. The smallest absolute Gasteiger partial charge is 0.411 e. The number of aliphatic imine (C=N–C) groups is 1. The molecule has 1 saturated carbocycles. The Labute approximate surface area is 157 Å². The van der Waals surface area contributed by atoms with Gasteiger partial charge in [-0.15, -0.1) is 0 Å². The predicted octanol–water partition coefficient (Wildman–Crippen LogP) is 5.03. The van der Waals surface area contributed by atoms with Crippen LogP contribution in [-0.2, 0) is 4.74 Å². The number of amides is 1. The van der Waals surface area contributed by atoms with Gasteiger partial charge in [-0.1, -0.05) is 34.1 Å². The summed E-state index contributed by atoms with van der Waals surface area (Å²) in [4.78, 5) is 19.5. The Morgan fingerprint density at radius 1 is 1.32 bits per heavy atom. The molecule has 1 saturated heterocycles. The van der Waals surface area contributed by atoms with Crippen molar-refractivity contribution in [3.8, 4) is 0 Å². The molecule has 0 bridgehead atoms. The lowest BCUT2D eigenvalue weighted by molar-refractivity contribution is 0.0230. The van der Waals surface area contributed by atoms with Crippen molar-refractivity contribution in [3.63, 3.8) is 0 Å². The van der Waals surface area contributed by atoms with Gasteiger partial charge >= 0.3 is 6.09 Å². The number of piperidine rings is 1. The van der Waals surface area contributed by atoms with Crippen LogP contribution in [0.1, 0.15) is 45.6 Å². The molecule has 0 radical (unpaired) electrons. The molecule has 1 aromatic rings. The Bertz CT molecular complexity index is 778. The summed E-state index contributed by atoms with van der Waals surface area (Å²) in [7, 11) is 0. The summed E-state index contributed by atoms with van der Waals surface area (Å²) in [6, 6.07) is 8.61. The number of hydrogen-bond donors (Lipinski definition) is 0. The van der Waals surface area contributed by atoms with Gasteiger partial charge in [-0.25, -0.2) is 4.79 Å². The fourth-order valence-corrected chi connectivity index (χ4v) is 4.22. The first-order chi connectivity index (χ1) is 11.8. The second kappa shape index (κ2) is 5.97. The van der Waals surface area contributed by atoms with Crippen molar-refractivity contribution in [1.82, 2.24) is 4.90 Å². The van der Waals surface area contributed by atoms with Crippen molar-refractivity contribution in [2.24, 2.45) is 10.9 Å². The summed E-state index contributed by atoms with van der Waals surface area (Å²) in [5.41, 5.74) is 2.73. The van der Waals surface area contributed by atoms with E-state index in [-0.39, 0.29) is 12.1 Å². The standard InChI is InChI=1S/C20H23BrN2O2/c1-20(2,3)25-19(24)23-17-10-13(17)11-18(23)16-8-7-15(22-16)12-5-4-6-14(21)9-12/h4-7,9,13,17-18H,8,10-11H2,1-3H3/t13-,17-,18+/m1/s1. The quantitative estimate of drug-likeness (QED) is 0.695. The molecule has 4 nitrogen and oxygen atoms in total. The number of ether oxygens (including phenoxy) is 1. The molecule has 2 heterocycles. The number of fused-ring (bicyclic) bond motifs is 1. The predicted molar refractivity (Wildman–Crippen MR) is 103 cm³/mol. The topological polar surface area (TPSA) is 41.9 Å². The van der Waals surface area contributed by atoms with E-state index in [2.05, 4.69) is 34.1 Å². The Hall–Kier alpha value is -1.62. The van der Waals surface area contributed by atoms with Gasteiger partial charge in [0.25, 0.3) is 0 Å². The molecule has 2 aliphatic heterocycles. The van der Waals surface area contributed by atoms with E-state index in [9.17, 15) is 4.79 Å². The van der Waals surface area contributed by atoms with Crippen LogP contribution in [0.2, 0.25) is 0 Å². The van der Waals surface area contributed by atoms with Crippen LogP contribution in [0.3, 0.4) is 0 Å². The van der Waals surface area contributed by atoms with Gasteiger partial charge in [-0.3, -0.25) is 9.89 Å². The van der Waals surface area contributed by atoms with Crippen molar-refractivity contribution in [2.75, 3.05) is 0 Å². The molecule has 4 rings (SSSR count). The molecule has 0 unspecified atom stereocenters. The van der Waals surface area contributed by atoms with Crippen molar-refractivity contribution >= 4 is 33.4 Å². The maximum atomic E-state index is 12.7. The molecular weight excluding hydrogens is 380 g/mol. The maximum Gasteiger partial charge on any atom is 0.411 e. The molecular formula is C20H23BrN2O2. The average molecular weight is 403 g/mol. The van der Waals surface area contributed by atoms with Crippen LogP contribution < -0.4 is 0 Å². The second-order valence-corrected chi connectivity index (χ2v) is 9.02.